The number of morpholine rings is 1. The van der Waals surface area contributed by atoms with Crippen molar-refractivity contribution in [2.45, 2.75) is 18.6 Å². The number of carbonyl (C=O) groups is 3. The van der Waals surface area contributed by atoms with E-state index in [9.17, 15) is 27.6 Å². The quantitative estimate of drug-likeness (QED) is 0.485. The summed E-state index contributed by atoms with van der Waals surface area (Å²) >= 11 is 0. The maximum absolute atomic E-state index is 13.8. The molecular formula is C28H24F3N3O4. The highest BCUT2D eigenvalue weighted by Gasteiger charge is 2.43. The summed E-state index contributed by atoms with van der Waals surface area (Å²) in [6, 6.07) is 16.9. The minimum absolute atomic E-state index is 0.00993. The van der Waals surface area contributed by atoms with Gasteiger partial charge in [0.15, 0.2) is 0 Å². The van der Waals surface area contributed by atoms with Crippen molar-refractivity contribution in [3.05, 3.63) is 95.1 Å². The van der Waals surface area contributed by atoms with Crippen LogP contribution in [0, 0.1) is 0 Å². The third-order valence-corrected chi connectivity index (χ3v) is 6.65. The first-order chi connectivity index (χ1) is 18.2. The number of hydrogen-bond acceptors (Lipinski definition) is 5. The molecule has 3 aromatic carbocycles. The van der Waals surface area contributed by atoms with Gasteiger partial charge < -0.3 is 15.0 Å². The van der Waals surface area contributed by atoms with Crippen LogP contribution in [-0.4, -0.2) is 55.0 Å². The second-order valence-corrected chi connectivity index (χ2v) is 9.05. The Hall–Kier alpha value is -4.18. The zero-order chi connectivity index (χ0) is 26.9. The Morgan fingerprint density at radius 3 is 2.11 bits per heavy atom. The van der Waals surface area contributed by atoms with Gasteiger partial charge in [-0.05, 0) is 35.9 Å². The highest BCUT2D eigenvalue weighted by atomic mass is 19.4. The van der Waals surface area contributed by atoms with E-state index in [0.29, 0.717) is 37.6 Å². The van der Waals surface area contributed by atoms with Crippen molar-refractivity contribution >= 4 is 29.1 Å². The van der Waals surface area contributed by atoms with Crippen molar-refractivity contribution in [2.75, 3.05) is 36.5 Å². The maximum atomic E-state index is 13.8. The summed E-state index contributed by atoms with van der Waals surface area (Å²) in [5, 5.41) is 2.62. The number of imide groups is 1. The smallest absolute Gasteiger partial charge is 0.378 e. The molecule has 2 aliphatic heterocycles. The van der Waals surface area contributed by atoms with Gasteiger partial charge in [-0.2, -0.15) is 13.2 Å². The number of carbonyl (C=O) groups excluding carboxylic acids is 3. The number of halogens is 3. The van der Waals surface area contributed by atoms with Gasteiger partial charge >= 0.3 is 6.18 Å². The Morgan fingerprint density at radius 1 is 0.895 bits per heavy atom. The lowest BCUT2D eigenvalue weighted by molar-refractivity contribution is -0.137. The van der Waals surface area contributed by atoms with Gasteiger partial charge in [0.25, 0.3) is 11.8 Å². The van der Waals surface area contributed by atoms with Gasteiger partial charge in [0.05, 0.1) is 41.3 Å². The molecule has 7 nitrogen and oxygen atoms in total. The van der Waals surface area contributed by atoms with Crippen molar-refractivity contribution < 1.29 is 32.3 Å². The van der Waals surface area contributed by atoms with Gasteiger partial charge in [-0.3, -0.25) is 19.3 Å². The number of benzene rings is 3. The molecule has 0 aromatic heterocycles. The molecule has 3 aromatic rings. The average molecular weight is 524 g/mol. The van der Waals surface area contributed by atoms with E-state index in [2.05, 4.69) is 5.32 Å². The van der Waals surface area contributed by atoms with Crippen molar-refractivity contribution in [3.63, 3.8) is 0 Å². The van der Waals surface area contributed by atoms with Crippen molar-refractivity contribution in [3.8, 4) is 0 Å². The summed E-state index contributed by atoms with van der Waals surface area (Å²) in [6.07, 6.45) is -4.64. The highest BCUT2D eigenvalue weighted by Crippen LogP contribution is 2.36. The van der Waals surface area contributed by atoms with Crippen LogP contribution >= 0.6 is 0 Å². The van der Waals surface area contributed by atoms with E-state index in [1.54, 1.807) is 42.5 Å². The van der Waals surface area contributed by atoms with Gasteiger partial charge in [-0.25, -0.2) is 0 Å². The second kappa shape index (κ2) is 10.3. The van der Waals surface area contributed by atoms with Crippen molar-refractivity contribution in [1.29, 1.82) is 0 Å². The molecule has 5 rings (SSSR count). The summed E-state index contributed by atoms with van der Waals surface area (Å²) in [5.74, 6) is -2.02. The van der Waals surface area contributed by atoms with Crippen LogP contribution in [0.1, 0.15) is 31.8 Å². The minimum Gasteiger partial charge on any atom is -0.378 e. The molecule has 0 radical (unpaired) electrons. The standard InChI is InChI=1S/C28H24F3N3O4/c29-28(30,31)19-10-11-23(33-12-14-38-15-13-33)22(17-19)32-25(35)24(16-18-6-2-1-3-7-18)34-26(36)20-8-4-5-9-21(20)27(34)37/h1-11,17,24H,12-16H2,(H,32,35). The molecule has 10 heteroatoms. The number of hydrogen-bond donors (Lipinski definition) is 1. The number of amides is 3. The maximum Gasteiger partial charge on any atom is 0.416 e. The van der Waals surface area contributed by atoms with Crippen LogP contribution in [0.15, 0.2) is 72.8 Å². The third kappa shape index (κ3) is 4.99. The summed E-state index contributed by atoms with van der Waals surface area (Å²) in [4.78, 5) is 43.0. The summed E-state index contributed by atoms with van der Waals surface area (Å²) in [7, 11) is 0. The predicted molar refractivity (Wildman–Crippen MR) is 134 cm³/mol. The fourth-order valence-electron chi connectivity index (χ4n) is 4.74. The lowest BCUT2D eigenvalue weighted by Gasteiger charge is -2.32. The topological polar surface area (TPSA) is 79.0 Å². The zero-order valence-electron chi connectivity index (χ0n) is 20.2. The molecule has 0 saturated carbocycles. The second-order valence-electron chi connectivity index (χ2n) is 9.05. The monoisotopic (exact) mass is 523 g/mol. The number of fused-ring (bicyclic) bond motifs is 1. The number of nitrogens with zero attached hydrogens (tertiary/aromatic N) is 2. The molecule has 38 heavy (non-hydrogen) atoms. The van der Waals surface area contributed by atoms with Gasteiger partial charge in [-0.15, -0.1) is 0 Å². The fourth-order valence-corrected chi connectivity index (χ4v) is 4.74. The van der Waals surface area contributed by atoms with E-state index in [-0.39, 0.29) is 23.2 Å². The van der Waals surface area contributed by atoms with Crippen LogP contribution in [0.4, 0.5) is 24.5 Å². The first-order valence-corrected chi connectivity index (χ1v) is 12.1. The lowest BCUT2D eigenvalue weighted by atomic mass is 10.0. The fraction of sp³-hybridized carbons (Fsp3) is 0.250. The molecule has 1 N–H and O–H groups in total. The number of alkyl halides is 3. The first kappa shape index (κ1) is 25.5. The van der Waals surface area contributed by atoms with Crippen LogP contribution in [0.2, 0.25) is 0 Å². The van der Waals surface area contributed by atoms with Crippen LogP contribution in [-0.2, 0) is 22.1 Å². The molecule has 0 bridgehead atoms. The third-order valence-electron chi connectivity index (χ3n) is 6.65. The molecule has 1 atom stereocenters. The van der Waals surface area contributed by atoms with Crippen LogP contribution in [0.25, 0.3) is 0 Å². The van der Waals surface area contributed by atoms with Crippen molar-refractivity contribution in [2.24, 2.45) is 0 Å². The van der Waals surface area contributed by atoms with Crippen molar-refractivity contribution in [1.82, 2.24) is 4.90 Å². The minimum atomic E-state index is -4.63. The van der Waals surface area contributed by atoms with Crippen LogP contribution in [0.5, 0.6) is 0 Å². The first-order valence-electron chi connectivity index (χ1n) is 12.1. The number of nitrogens with one attached hydrogen (secondary N) is 1. The van der Waals surface area contributed by atoms with Gasteiger partial charge in [0.1, 0.15) is 6.04 Å². The number of ether oxygens (including phenoxy) is 1. The van der Waals surface area contributed by atoms with E-state index in [1.165, 1.54) is 18.2 Å². The Kier molecular flexibility index (Phi) is 6.90. The molecule has 1 fully saturated rings. The number of anilines is 2. The summed E-state index contributed by atoms with van der Waals surface area (Å²) in [5.41, 5.74) is 0.455. The van der Waals surface area contributed by atoms with E-state index in [0.717, 1.165) is 17.0 Å². The zero-order valence-corrected chi connectivity index (χ0v) is 20.2. The van der Waals surface area contributed by atoms with Gasteiger partial charge in [0, 0.05) is 19.5 Å². The largest absolute Gasteiger partial charge is 0.416 e. The molecular weight excluding hydrogens is 499 g/mol. The van der Waals surface area contributed by atoms with Crippen LogP contribution in [0.3, 0.4) is 0 Å². The van der Waals surface area contributed by atoms with E-state index < -0.39 is 35.5 Å². The van der Waals surface area contributed by atoms with Gasteiger partial charge in [0.2, 0.25) is 5.91 Å². The Morgan fingerprint density at radius 2 is 1.50 bits per heavy atom. The highest BCUT2D eigenvalue weighted by molar-refractivity contribution is 6.23. The normalized spacial score (nSPS) is 16.4. The van der Waals surface area contributed by atoms with Crippen LogP contribution < -0.4 is 10.2 Å². The molecule has 2 aliphatic rings. The number of rotatable bonds is 6. The summed E-state index contributed by atoms with van der Waals surface area (Å²) < 4.78 is 46.1. The molecule has 2 heterocycles. The average Bonchev–Trinajstić information content (AvgIpc) is 3.17. The SMILES string of the molecule is O=C(Nc1cc(C(F)(F)F)ccc1N1CCOCC1)C(Cc1ccccc1)N1C(=O)c2ccccc2C1=O. The van der Waals surface area contributed by atoms with E-state index in [4.69, 9.17) is 4.74 Å². The Bertz CT molecular complexity index is 1340. The molecule has 1 unspecified atom stereocenters. The molecule has 0 spiro atoms. The Labute approximate surface area is 216 Å². The molecule has 196 valence electrons. The molecule has 0 aliphatic carbocycles. The lowest BCUT2D eigenvalue weighted by Crippen LogP contribution is -2.48. The Balaban J connectivity index is 1.52. The molecule has 3 amide bonds. The van der Waals surface area contributed by atoms with Gasteiger partial charge in [-0.1, -0.05) is 42.5 Å². The summed E-state index contributed by atoms with van der Waals surface area (Å²) in [6.45, 7) is 1.64. The van der Waals surface area contributed by atoms with E-state index >= 15 is 0 Å². The molecule has 1 saturated heterocycles. The predicted octanol–water partition coefficient (Wildman–Crippen LogP) is 4.39. The van der Waals surface area contributed by atoms with E-state index in [1.807, 2.05) is 4.90 Å².